The second-order valence-electron chi connectivity index (χ2n) is 3.45. The van der Waals surface area contributed by atoms with Gasteiger partial charge in [0.15, 0.2) is 5.82 Å². The van der Waals surface area contributed by atoms with Gasteiger partial charge in [0.25, 0.3) is 5.89 Å². The van der Waals surface area contributed by atoms with Gasteiger partial charge >= 0.3 is 6.18 Å². The van der Waals surface area contributed by atoms with Crippen molar-refractivity contribution >= 4 is 5.69 Å². The lowest BCUT2D eigenvalue weighted by molar-refractivity contribution is -0.137. The Bertz CT molecular complexity index is 548. The van der Waals surface area contributed by atoms with Gasteiger partial charge in [-0.3, -0.25) is 0 Å². The van der Waals surface area contributed by atoms with E-state index in [4.69, 9.17) is 10.3 Å². The summed E-state index contributed by atoms with van der Waals surface area (Å²) >= 11 is 0. The van der Waals surface area contributed by atoms with Crippen LogP contribution in [0, 0.1) is 6.92 Å². The third-order valence-electron chi connectivity index (χ3n) is 2.14. The van der Waals surface area contributed by atoms with Crippen molar-refractivity contribution in [3.05, 3.63) is 29.6 Å². The van der Waals surface area contributed by atoms with Gasteiger partial charge in [-0.25, -0.2) is 0 Å². The molecule has 90 valence electrons. The van der Waals surface area contributed by atoms with Crippen molar-refractivity contribution in [2.75, 3.05) is 5.73 Å². The SMILES string of the molecule is Cc1noc(-c2ccc(C(F)(F)F)cc2N)n1. The Labute approximate surface area is 94.2 Å². The van der Waals surface area contributed by atoms with Gasteiger partial charge in [-0.2, -0.15) is 18.2 Å². The Kier molecular flexibility index (Phi) is 2.53. The molecule has 2 N–H and O–H groups in total. The first-order valence-electron chi connectivity index (χ1n) is 4.65. The van der Waals surface area contributed by atoms with Gasteiger partial charge in [-0.1, -0.05) is 5.16 Å². The quantitative estimate of drug-likeness (QED) is 0.782. The molecule has 0 radical (unpaired) electrons. The molecule has 0 fully saturated rings. The van der Waals surface area contributed by atoms with Crippen LogP contribution in [0.2, 0.25) is 0 Å². The van der Waals surface area contributed by atoms with E-state index in [-0.39, 0.29) is 11.6 Å². The third-order valence-corrected chi connectivity index (χ3v) is 2.14. The van der Waals surface area contributed by atoms with Crippen molar-refractivity contribution in [3.8, 4) is 11.5 Å². The molecule has 17 heavy (non-hydrogen) atoms. The zero-order valence-electron chi connectivity index (χ0n) is 8.75. The van der Waals surface area contributed by atoms with Crippen LogP contribution < -0.4 is 5.73 Å². The minimum Gasteiger partial charge on any atom is -0.398 e. The molecule has 1 heterocycles. The first-order chi connectivity index (χ1) is 7.88. The molecule has 0 saturated carbocycles. The predicted molar refractivity (Wildman–Crippen MR) is 53.9 cm³/mol. The lowest BCUT2D eigenvalue weighted by Crippen LogP contribution is -2.06. The van der Waals surface area contributed by atoms with Crippen molar-refractivity contribution in [1.82, 2.24) is 10.1 Å². The van der Waals surface area contributed by atoms with Crippen molar-refractivity contribution in [2.45, 2.75) is 13.1 Å². The predicted octanol–water partition coefficient (Wildman–Crippen LogP) is 2.65. The molecule has 0 atom stereocenters. The van der Waals surface area contributed by atoms with Crippen molar-refractivity contribution in [2.24, 2.45) is 0 Å². The van der Waals surface area contributed by atoms with Crippen molar-refractivity contribution in [1.29, 1.82) is 0 Å². The number of alkyl halides is 3. The van der Waals surface area contributed by atoms with Crippen molar-refractivity contribution < 1.29 is 17.7 Å². The van der Waals surface area contributed by atoms with E-state index in [9.17, 15) is 13.2 Å². The Balaban J connectivity index is 2.45. The fourth-order valence-electron chi connectivity index (χ4n) is 1.34. The molecule has 4 nitrogen and oxygen atoms in total. The molecule has 0 bridgehead atoms. The highest BCUT2D eigenvalue weighted by atomic mass is 19.4. The van der Waals surface area contributed by atoms with E-state index in [2.05, 4.69) is 10.1 Å². The molecule has 0 aliphatic rings. The number of benzene rings is 1. The van der Waals surface area contributed by atoms with Gasteiger partial charge in [0, 0.05) is 5.69 Å². The zero-order chi connectivity index (χ0) is 12.6. The summed E-state index contributed by atoms with van der Waals surface area (Å²) in [5.74, 6) is 0.494. The fourth-order valence-corrected chi connectivity index (χ4v) is 1.34. The third kappa shape index (κ3) is 2.22. The van der Waals surface area contributed by atoms with Crippen LogP contribution in [0.1, 0.15) is 11.4 Å². The molecule has 1 aromatic heterocycles. The number of nitrogens with zero attached hydrogens (tertiary/aromatic N) is 2. The van der Waals surface area contributed by atoms with Crippen LogP contribution in [0.4, 0.5) is 18.9 Å². The minimum atomic E-state index is -4.42. The average Bonchev–Trinajstić information content (AvgIpc) is 2.63. The Morgan fingerprint density at radius 1 is 1.29 bits per heavy atom. The van der Waals surface area contributed by atoms with Crippen LogP contribution in [0.25, 0.3) is 11.5 Å². The molecule has 1 aromatic carbocycles. The van der Waals surface area contributed by atoms with Crippen LogP contribution in [0.3, 0.4) is 0 Å². The second kappa shape index (κ2) is 3.76. The highest BCUT2D eigenvalue weighted by Crippen LogP contribution is 2.33. The summed E-state index contributed by atoms with van der Waals surface area (Å²) in [6.07, 6.45) is -4.42. The fraction of sp³-hybridized carbons (Fsp3) is 0.200. The zero-order valence-corrected chi connectivity index (χ0v) is 8.75. The van der Waals surface area contributed by atoms with Gasteiger partial charge < -0.3 is 10.3 Å². The molecular formula is C10H8F3N3O. The summed E-state index contributed by atoms with van der Waals surface area (Å²) < 4.78 is 42.0. The summed E-state index contributed by atoms with van der Waals surface area (Å²) in [5, 5.41) is 3.54. The number of aromatic nitrogens is 2. The number of rotatable bonds is 1. The number of hydrogen-bond donors (Lipinski definition) is 1. The van der Waals surface area contributed by atoms with Gasteiger partial charge in [0.2, 0.25) is 0 Å². The van der Waals surface area contributed by atoms with Gasteiger partial charge in [0.1, 0.15) is 0 Å². The number of hydrogen-bond acceptors (Lipinski definition) is 4. The molecule has 2 aromatic rings. The van der Waals surface area contributed by atoms with Crippen LogP contribution in [-0.2, 0) is 6.18 Å². The molecule has 7 heteroatoms. The van der Waals surface area contributed by atoms with E-state index >= 15 is 0 Å². The lowest BCUT2D eigenvalue weighted by Gasteiger charge is -2.08. The molecule has 0 saturated heterocycles. The topological polar surface area (TPSA) is 64.9 Å². The summed E-state index contributed by atoms with van der Waals surface area (Å²) in [6, 6.07) is 2.98. The minimum absolute atomic E-state index is 0.0523. The van der Waals surface area contributed by atoms with E-state index in [1.807, 2.05) is 0 Å². The van der Waals surface area contributed by atoms with E-state index < -0.39 is 11.7 Å². The average molecular weight is 243 g/mol. The normalized spacial score (nSPS) is 11.8. The Hall–Kier alpha value is -2.05. The number of nitrogen functional groups attached to an aromatic ring is 1. The van der Waals surface area contributed by atoms with Crippen molar-refractivity contribution in [3.63, 3.8) is 0 Å². The standard InChI is InChI=1S/C10H8F3N3O/c1-5-15-9(17-16-5)7-3-2-6(4-8(7)14)10(11,12)13/h2-4H,14H2,1H3. The molecule has 0 spiro atoms. The number of anilines is 1. The van der Waals surface area contributed by atoms with Gasteiger partial charge in [-0.05, 0) is 25.1 Å². The maximum atomic E-state index is 12.4. The van der Waals surface area contributed by atoms with Gasteiger partial charge in [-0.15, -0.1) is 0 Å². The summed E-state index contributed by atoms with van der Waals surface area (Å²) in [7, 11) is 0. The number of nitrogens with two attached hydrogens (primary N) is 1. The molecule has 2 rings (SSSR count). The van der Waals surface area contributed by atoms with Gasteiger partial charge in [0.05, 0.1) is 11.1 Å². The summed E-state index contributed by atoms with van der Waals surface area (Å²) in [5.41, 5.74) is 4.96. The van der Waals surface area contributed by atoms with Crippen LogP contribution in [-0.4, -0.2) is 10.1 Å². The largest absolute Gasteiger partial charge is 0.416 e. The first kappa shape index (κ1) is 11.4. The van der Waals surface area contributed by atoms with E-state index in [0.717, 1.165) is 12.1 Å². The molecule has 0 unspecified atom stereocenters. The molecule has 0 aliphatic heterocycles. The van der Waals surface area contributed by atoms with E-state index in [1.54, 1.807) is 6.92 Å². The van der Waals surface area contributed by atoms with Crippen LogP contribution in [0.15, 0.2) is 22.7 Å². The summed E-state index contributed by atoms with van der Waals surface area (Å²) in [4.78, 5) is 3.89. The van der Waals surface area contributed by atoms with Crippen LogP contribution >= 0.6 is 0 Å². The highest BCUT2D eigenvalue weighted by molar-refractivity contribution is 5.71. The molecule has 0 aliphatic carbocycles. The lowest BCUT2D eigenvalue weighted by atomic mass is 10.1. The first-order valence-corrected chi connectivity index (χ1v) is 4.65. The number of halogens is 3. The maximum Gasteiger partial charge on any atom is 0.416 e. The highest BCUT2D eigenvalue weighted by Gasteiger charge is 2.31. The van der Waals surface area contributed by atoms with E-state index in [0.29, 0.717) is 11.4 Å². The summed E-state index contributed by atoms with van der Waals surface area (Å²) in [6.45, 7) is 1.60. The molecule has 0 amide bonds. The Morgan fingerprint density at radius 2 is 2.00 bits per heavy atom. The maximum absolute atomic E-state index is 12.4. The smallest absolute Gasteiger partial charge is 0.398 e. The molecular weight excluding hydrogens is 235 g/mol. The van der Waals surface area contributed by atoms with Crippen LogP contribution in [0.5, 0.6) is 0 Å². The Morgan fingerprint density at radius 3 is 2.47 bits per heavy atom. The van der Waals surface area contributed by atoms with E-state index in [1.165, 1.54) is 6.07 Å². The monoisotopic (exact) mass is 243 g/mol. The second-order valence-corrected chi connectivity index (χ2v) is 3.45. The number of aryl methyl sites for hydroxylation is 1.